The molecule has 0 saturated carbocycles. The van der Waals surface area contributed by atoms with Crippen LogP contribution in [-0.4, -0.2) is 21.5 Å². The van der Waals surface area contributed by atoms with Gasteiger partial charge in [-0.25, -0.2) is 4.99 Å². The molecule has 0 fully saturated rings. The third-order valence-corrected chi connectivity index (χ3v) is 9.06. The minimum Gasteiger partial charge on any atom is -0.496 e. The maximum absolute atomic E-state index is 14.3. The molecule has 228 valence electrons. The number of rotatable bonds is 7. The molecule has 12 heteroatoms. The Hall–Kier alpha value is -5.88. The molecule has 1 aliphatic heterocycles. The van der Waals surface area contributed by atoms with E-state index in [1.54, 1.807) is 42.0 Å². The fourth-order valence-corrected chi connectivity index (χ4v) is 6.98. The van der Waals surface area contributed by atoms with Crippen LogP contribution in [0.1, 0.15) is 34.7 Å². The minimum atomic E-state index is -0.735. The van der Waals surface area contributed by atoms with Crippen LogP contribution in [0.4, 0.5) is 11.4 Å². The molecule has 0 radical (unpaired) electrons. The summed E-state index contributed by atoms with van der Waals surface area (Å²) in [5, 5.41) is 22.9. The van der Waals surface area contributed by atoms with E-state index in [0.29, 0.717) is 20.6 Å². The number of nitro benzene ring substituents is 2. The number of non-ortho nitro benzene ring substituents is 1. The summed E-state index contributed by atoms with van der Waals surface area (Å²) in [5.41, 5.74) is 4.27. The van der Waals surface area contributed by atoms with Gasteiger partial charge in [-0.15, -0.1) is 0 Å². The first-order chi connectivity index (χ1) is 22.3. The second kappa shape index (κ2) is 11.6. The molecule has 1 atom stereocenters. The number of thiazole rings is 1. The lowest BCUT2D eigenvalue weighted by Gasteiger charge is -2.31. The number of hydrogen-bond acceptors (Lipinski definition) is 9. The molecule has 0 amide bonds. The van der Waals surface area contributed by atoms with Crippen LogP contribution >= 0.6 is 11.3 Å². The third kappa shape index (κ3) is 4.94. The zero-order valence-corrected chi connectivity index (χ0v) is 25.1. The van der Waals surface area contributed by atoms with Gasteiger partial charge in [0.05, 0.1) is 39.3 Å². The number of allylic oxidation sites excluding steroid dienone is 1. The van der Waals surface area contributed by atoms with E-state index in [1.165, 1.54) is 23.0 Å². The Morgan fingerprint density at radius 3 is 2.41 bits per heavy atom. The SMILES string of the molecule is COc1ccccc1[C@@H]1C2=C(N=c3s/c(=C\c4ccccc4Oc4ccc([N+](=O)[O-])cc4[N+](=O)[O-])c(=O)n31)c1ccccc1CC2. The Balaban J connectivity index is 1.39. The summed E-state index contributed by atoms with van der Waals surface area (Å²) in [4.78, 5) is 41.3. The van der Waals surface area contributed by atoms with Crippen molar-refractivity contribution in [2.45, 2.75) is 18.9 Å². The fraction of sp³-hybridized carbons (Fsp3) is 0.118. The van der Waals surface area contributed by atoms with Gasteiger partial charge in [-0.1, -0.05) is 72.0 Å². The summed E-state index contributed by atoms with van der Waals surface area (Å²) in [6.45, 7) is 0. The van der Waals surface area contributed by atoms with Crippen LogP contribution in [0.2, 0.25) is 0 Å². The van der Waals surface area contributed by atoms with Crippen LogP contribution in [0.3, 0.4) is 0 Å². The molecule has 11 nitrogen and oxygen atoms in total. The first-order valence-corrected chi connectivity index (χ1v) is 15.1. The number of hydrogen-bond donors (Lipinski definition) is 0. The molecule has 46 heavy (non-hydrogen) atoms. The lowest BCUT2D eigenvalue weighted by atomic mass is 9.83. The lowest BCUT2D eigenvalue weighted by Crippen LogP contribution is -2.39. The zero-order chi connectivity index (χ0) is 31.9. The van der Waals surface area contributed by atoms with E-state index in [9.17, 15) is 25.0 Å². The Morgan fingerprint density at radius 1 is 0.891 bits per heavy atom. The average Bonchev–Trinajstić information content (AvgIpc) is 3.38. The molecule has 0 N–H and O–H groups in total. The molecule has 2 heterocycles. The van der Waals surface area contributed by atoms with Gasteiger partial charge in [0.2, 0.25) is 5.75 Å². The van der Waals surface area contributed by atoms with Gasteiger partial charge in [-0.2, -0.15) is 0 Å². The molecule has 0 unspecified atom stereocenters. The van der Waals surface area contributed by atoms with Crippen LogP contribution in [0.25, 0.3) is 11.8 Å². The number of para-hydroxylation sites is 2. The zero-order valence-electron chi connectivity index (χ0n) is 24.3. The van der Waals surface area contributed by atoms with Gasteiger partial charge in [0.25, 0.3) is 11.2 Å². The summed E-state index contributed by atoms with van der Waals surface area (Å²) >= 11 is 1.24. The van der Waals surface area contributed by atoms with Crippen molar-refractivity contribution < 1.29 is 19.3 Å². The van der Waals surface area contributed by atoms with Crippen LogP contribution in [0.5, 0.6) is 17.2 Å². The van der Waals surface area contributed by atoms with Crippen molar-refractivity contribution in [1.29, 1.82) is 0 Å². The summed E-state index contributed by atoms with van der Waals surface area (Å²) < 4.78 is 13.8. The predicted octanol–water partition coefficient (Wildman–Crippen LogP) is 5.94. The van der Waals surface area contributed by atoms with Gasteiger partial charge < -0.3 is 9.47 Å². The maximum atomic E-state index is 14.3. The summed E-state index contributed by atoms with van der Waals surface area (Å²) in [5.74, 6) is 0.735. The van der Waals surface area contributed by atoms with Gasteiger partial charge in [-0.3, -0.25) is 29.6 Å². The van der Waals surface area contributed by atoms with Crippen molar-refractivity contribution in [3.05, 3.63) is 159 Å². The van der Waals surface area contributed by atoms with Crippen LogP contribution in [0, 0.1) is 20.2 Å². The van der Waals surface area contributed by atoms with E-state index in [1.807, 2.05) is 36.4 Å². The third-order valence-electron chi connectivity index (χ3n) is 8.08. The fourth-order valence-electron chi connectivity index (χ4n) is 5.99. The summed E-state index contributed by atoms with van der Waals surface area (Å²) in [6, 6.07) is 25.4. The maximum Gasteiger partial charge on any atom is 0.318 e. The Bertz CT molecular complexity index is 2290. The molecule has 0 spiro atoms. The number of benzene rings is 4. The van der Waals surface area contributed by atoms with Crippen LogP contribution < -0.4 is 24.4 Å². The highest BCUT2D eigenvalue weighted by Gasteiger charge is 2.34. The standard InChI is InChI=1S/C34H24N4O7S/c1-44-28-13-7-5-11-24(28)32-25-16-14-20-8-2-4-10-23(20)31(25)35-34-36(32)33(39)30(46-34)18-21-9-3-6-12-27(21)45-29-17-15-22(37(40)41)19-26(29)38(42)43/h2-13,15,17-19,32H,14,16H2,1H3/b30-18-/t32-/m1/s1. The molecule has 5 aromatic rings. The van der Waals surface area contributed by atoms with Gasteiger partial charge in [-0.05, 0) is 48.3 Å². The quantitative estimate of drug-likeness (QED) is 0.160. The summed E-state index contributed by atoms with van der Waals surface area (Å²) in [6.07, 6.45) is 3.22. The smallest absolute Gasteiger partial charge is 0.318 e. The molecule has 0 saturated heterocycles. The first kappa shape index (κ1) is 28.9. The molecule has 2 aliphatic rings. The van der Waals surface area contributed by atoms with Crippen molar-refractivity contribution in [2.24, 2.45) is 4.99 Å². The number of fused-ring (bicyclic) bond motifs is 3. The topological polar surface area (TPSA) is 139 Å². The van der Waals surface area contributed by atoms with E-state index in [-0.39, 0.29) is 17.1 Å². The van der Waals surface area contributed by atoms with Gasteiger partial charge >= 0.3 is 5.69 Å². The molecule has 0 bridgehead atoms. The van der Waals surface area contributed by atoms with E-state index in [4.69, 9.17) is 14.5 Å². The predicted molar refractivity (Wildman–Crippen MR) is 172 cm³/mol. The molecular weight excluding hydrogens is 608 g/mol. The Kier molecular flexibility index (Phi) is 7.26. The highest BCUT2D eigenvalue weighted by molar-refractivity contribution is 7.07. The monoisotopic (exact) mass is 632 g/mol. The normalized spacial score (nSPS) is 15.3. The average molecular weight is 633 g/mol. The second-order valence-corrected chi connectivity index (χ2v) is 11.7. The number of ether oxygens (including phenoxy) is 2. The van der Waals surface area contributed by atoms with E-state index < -0.39 is 27.3 Å². The molecule has 7 rings (SSSR count). The van der Waals surface area contributed by atoms with Gasteiger partial charge in [0.1, 0.15) is 11.5 Å². The number of methoxy groups -OCH3 is 1. The van der Waals surface area contributed by atoms with Crippen LogP contribution in [-0.2, 0) is 6.42 Å². The van der Waals surface area contributed by atoms with E-state index in [0.717, 1.165) is 47.4 Å². The highest BCUT2D eigenvalue weighted by Crippen LogP contribution is 2.43. The van der Waals surface area contributed by atoms with Crippen molar-refractivity contribution in [3.63, 3.8) is 0 Å². The largest absolute Gasteiger partial charge is 0.496 e. The van der Waals surface area contributed by atoms with Crippen molar-refractivity contribution in [1.82, 2.24) is 4.57 Å². The number of aromatic nitrogens is 1. The number of aryl methyl sites for hydroxylation is 1. The van der Waals surface area contributed by atoms with E-state index in [2.05, 4.69) is 12.1 Å². The second-order valence-electron chi connectivity index (χ2n) is 10.7. The van der Waals surface area contributed by atoms with Crippen molar-refractivity contribution in [3.8, 4) is 17.2 Å². The highest BCUT2D eigenvalue weighted by atomic mass is 32.1. The number of nitrogens with zero attached hydrogens (tertiary/aromatic N) is 4. The molecule has 1 aliphatic carbocycles. The summed E-state index contributed by atoms with van der Waals surface area (Å²) in [7, 11) is 1.61. The van der Waals surface area contributed by atoms with Crippen LogP contribution in [0.15, 0.2) is 106 Å². The Morgan fingerprint density at radius 2 is 1.63 bits per heavy atom. The van der Waals surface area contributed by atoms with Gasteiger partial charge in [0, 0.05) is 22.8 Å². The molecular formula is C34H24N4O7S. The Labute approximate surface area is 264 Å². The van der Waals surface area contributed by atoms with Gasteiger partial charge in [0.15, 0.2) is 4.80 Å². The van der Waals surface area contributed by atoms with Crippen molar-refractivity contribution >= 4 is 34.5 Å². The molecule has 1 aromatic heterocycles. The van der Waals surface area contributed by atoms with E-state index >= 15 is 0 Å². The lowest BCUT2D eigenvalue weighted by molar-refractivity contribution is -0.394. The minimum absolute atomic E-state index is 0.166. The van der Waals surface area contributed by atoms with Crippen molar-refractivity contribution in [2.75, 3.05) is 7.11 Å². The first-order valence-electron chi connectivity index (χ1n) is 14.3. The number of nitro groups is 2. The molecule has 4 aromatic carbocycles.